The smallest absolute Gasteiger partial charge is 0.243 e. The first-order chi connectivity index (χ1) is 12.7. The van der Waals surface area contributed by atoms with Gasteiger partial charge in [-0.3, -0.25) is 9.69 Å². The molecule has 136 valence electrons. The molecule has 0 bridgehead atoms. The van der Waals surface area contributed by atoms with Gasteiger partial charge in [-0.1, -0.05) is 48.5 Å². The number of hydrogen-bond acceptors (Lipinski definition) is 3. The molecule has 1 atom stereocenters. The molecule has 0 radical (unpaired) electrons. The lowest BCUT2D eigenvalue weighted by molar-refractivity contribution is -0.122. The monoisotopic (exact) mass is 349 g/mol. The topological polar surface area (TPSA) is 44.4 Å². The summed E-state index contributed by atoms with van der Waals surface area (Å²) in [4.78, 5) is 15.2. The average molecular weight is 349 g/mol. The number of aryl methyl sites for hydroxylation is 1. The van der Waals surface area contributed by atoms with Gasteiger partial charge in [-0.15, -0.1) is 0 Å². The number of nitrogens with one attached hydrogen (secondary N) is 2. The molecule has 2 N–H and O–H groups in total. The fourth-order valence-electron chi connectivity index (χ4n) is 4.09. The Labute approximate surface area is 155 Å². The van der Waals surface area contributed by atoms with Gasteiger partial charge in [0, 0.05) is 37.8 Å². The molecule has 2 aliphatic heterocycles. The minimum atomic E-state index is -0.131. The molecule has 1 fully saturated rings. The second-order valence-corrected chi connectivity index (χ2v) is 7.55. The Kier molecular flexibility index (Phi) is 4.93. The fourth-order valence-corrected chi connectivity index (χ4v) is 4.09. The molecule has 1 saturated heterocycles. The number of fused-ring (bicyclic) bond motifs is 1. The van der Waals surface area contributed by atoms with Crippen LogP contribution in [-0.2, 0) is 17.8 Å². The third kappa shape index (κ3) is 3.75. The Morgan fingerprint density at radius 1 is 1.12 bits per heavy atom. The largest absolute Gasteiger partial charge is 0.373 e. The third-order valence-corrected chi connectivity index (χ3v) is 5.60. The van der Waals surface area contributed by atoms with Crippen LogP contribution in [0.5, 0.6) is 0 Å². The van der Waals surface area contributed by atoms with Crippen LogP contribution in [0, 0.1) is 6.92 Å². The number of piperidine rings is 1. The van der Waals surface area contributed by atoms with Gasteiger partial charge in [-0.05, 0) is 36.5 Å². The van der Waals surface area contributed by atoms with Gasteiger partial charge in [0.1, 0.15) is 6.04 Å². The molecular weight excluding hydrogens is 322 g/mol. The molecule has 1 unspecified atom stereocenters. The van der Waals surface area contributed by atoms with Crippen molar-refractivity contribution in [3.8, 4) is 0 Å². The Morgan fingerprint density at radius 2 is 1.88 bits per heavy atom. The number of rotatable bonds is 4. The van der Waals surface area contributed by atoms with Gasteiger partial charge in [0.25, 0.3) is 0 Å². The van der Waals surface area contributed by atoms with Gasteiger partial charge in [-0.25, -0.2) is 0 Å². The van der Waals surface area contributed by atoms with Crippen LogP contribution >= 0.6 is 0 Å². The average Bonchev–Trinajstić information content (AvgIpc) is 3.10. The molecule has 4 heteroatoms. The van der Waals surface area contributed by atoms with E-state index in [1.165, 1.54) is 16.7 Å². The number of amides is 1. The number of carbonyl (C=O) groups is 1. The summed E-state index contributed by atoms with van der Waals surface area (Å²) < 4.78 is 0. The summed E-state index contributed by atoms with van der Waals surface area (Å²) in [6.45, 7) is 5.17. The van der Waals surface area contributed by atoms with E-state index in [1.54, 1.807) is 0 Å². The van der Waals surface area contributed by atoms with Crippen molar-refractivity contribution in [2.24, 2.45) is 0 Å². The number of benzene rings is 2. The van der Waals surface area contributed by atoms with Crippen LogP contribution in [0.2, 0.25) is 0 Å². The number of anilines is 1. The van der Waals surface area contributed by atoms with E-state index in [4.69, 9.17) is 0 Å². The number of hydrogen-bond donors (Lipinski definition) is 2. The predicted octanol–water partition coefficient (Wildman–Crippen LogP) is 3.11. The molecule has 2 aliphatic rings. The van der Waals surface area contributed by atoms with Crippen molar-refractivity contribution in [3.63, 3.8) is 0 Å². The molecule has 2 heterocycles. The van der Waals surface area contributed by atoms with Crippen molar-refractivity contribution in [2.45, 2.75) is 44.8 Å². The van der Waals surface area contributed by atoms with E-state index in [0.717, 1.165) is 44.6 Å². The highest BCUT2D eigenvalue weighted by Gasteiger charge is 2.29. The summed E-state index contributed by atoms with van der Waals surface area (Å²) in [5, 5.41) is 6.68. The number of para-hydroxylation sites is 1. The van der Waals surface area contributed by atoms with Gasteiger partial charge in [-0.2, -0.15) is 0 Å². The second-order valence-electron chi connectivity index (χ2n) is 7.55. The highest BCUT2D eigenvalue weighted by atomic mass is 16.2. The lowest BCUT2D eigenvalue weighted by atomic mass is 10.0. The van der Waals surface area contributed by atoms with Crippen molar-refractivity contribution in [1.29, 1.82) is 0 Å². The van der Waals surface area contributed by atoms with Crippen molar-refractivity contribution in [2.75, 3.05) is 18.4 Å². The fraction of sp³-hybridized carbons (Fsp3) is 0.409. The molecule has 0 aromatic heterocycles. The van der Waals surface area contributed by atoms with Crippen LogP contribution in [0.25, 0.3) is 0 Å². The summed E-state index contributed by atoms with van der Waals surface area (Å²) in [5.74, 6) is 0.141. The highest BCUT2D eigenvalue weighted by molar-refractivity contribution is 5.88. The van der Waals surface area contributed by atoms with Crippen molar-refractivity contribution >= 4 is 11.6 Å². The normalized spacial score (nSPS) is 20.4. The zero-order valence-electron chi connectivity index (χ0n) is 15.4. The summed E-state index contributed by atoms with van der Waals surface area (Å²) in [5.41, 5.74) is 4.97. The van der Waals surface area contributed by atoms with E-state index in [1.807, 2.05) is 0 Å². The van der Waals surface area contributed by atoms with E-state index in [0.29, 0.717) is 6.04 Å². The van der Waals surface area contributed by atoms with Gasteiger partial charge < -0.3 is 10.6 Å². The highest BCUT2D eigenvalue weighted by Crippen LogP contribution is 2.29. The van der Waals surface area contributed by atoms with E-state index in [2.05, 4.69) is 71.0 Å². The Bertz CT molecular complexity index is 766. The second kappa shape index (κ2) is 7.50. The van der Waals surface area contributed by atoms with Crippen molar-refractivity contribution < 1.29 is 4.79 Å². The number of nitrogens with zero attached hydrogens (tertiary/aromatic N) is 1. The van der Waals surface area contributed by atoms with Crippen LogP contribution in [-0.4, -0.2) is 36.0 Å². The Balaban J connectivity index is 1.26. The molecular formula is C22H27N3O. The van der Waals surface area contributed by atoms with E-state index >= 15 is 0 Å². The molecule has 0 spiro atoms. The summed E-state index contributed by atoms with van der Waals surface area (Å²) >= 11 is 0. The van der Waals surface area contributed by atoms with Crippen LogP contribution in [0.15, 0.2) is 48.5 Å². The molecule has 0 saturated carbocycles. The first-order valence-electron chi connectivity index (χ1n) is 9.61. The van der Waals surface area contributed by atoms with Crippen LogP contribution < -0.4 is 10.6 Å². The lowest BCUT2D eigenvalue weighted by Crippen LogP contribution is -2.48. The minimum Gasteiger partial charge on any atom is -0.373 e. The minimum absolute atomic E-state index is 0.131. The Morgan fingerprint density at radius 3 is 2.62 bits per heavy atom. The van der Waals surface area contributed by atoms with Gasteiger partial charge in [0.05, 0.1) is 0 Å². The molecule has 0 aliphatic carbocycles. The molecule has 1 amide bonds. The van der Waals surface area contributed by atoms with Crippen LogP contribution in [0.3, 0.4) is 0 Å². The standard InChI is InChI=1S/C22H27N3O/c1-16-6-5-9-18-14-20(24-21(16)18)22(26)23-19-10-12-25(13-11-19)15-17-7-3-2-4-8-17/h2-9,19-20,24H,10-15H2,1H3,(H,23,26). The van der Waals surface area contributed by atoms with Crippen LogP contribution in [0.1, 0.15) is 29.5 Å². The molecule has 2 aromatic rings. The molecule has 2 aromatic carbocycles. The van der Waals surface area contributed by atoms with Gasteiger partial charge in [0.15, 0.2) is 0 Å². The SMILES string of the molecule is Cc1cccc2c1NC(C(=O)NC1CCN(Cc3ccccc3)CC1)C2. The van der Waals surface area contributed by atoms with E-state index in [-0.39, 0.29) is 11.9 Å². The summed E-state index contributed by atoms with van der Waals surface area (Å²) in [6.07, 6.45) is 2.84. The van der Waals surface area contributed by atoms with E-state index < -0.39 is 0 Å². The first-order valence-corrected chi connectivity index (χ1v) is 9.61. The van der Waals surface area contributed by atoms with Crippen molar-refractivity contribution in [1.82, 2.24) is 10.2 Å². The first kappa shape index (κ1) is 17.1. The molecule has 4 nitrogen and oxygen atoms in total. The number of carbonyl (C=O) groups excluding carboxylic acids is 1. The Hall–Kier alpha value is -2.33. The maximum absolute atomic E-state index is 12.7. The van der Waals surface area contributed by atoms with E-state index in [9.17, 15) is 4.79 Å². The molecule has 26 heavy (non-hydrogen) atoms. The summed E-state index contributed by atoms with van der Waals surface area (Å²) in [6, 6.07) is 17.0. The lowest BCUT2D eigenvalue weighted by Gasteiger charge is -2.32. The van der Waals surface area contributed by atoms with Crippen LogP contribution in [0.4, 0.5) is 5.69 Å². The zero-order chi connectivity index (χ0) is 17.9. The third-order valence-electron chi connectivity index (χ3n) is 5.60. The predicted molar refractivity (Wildman–Crippen MR) is 105 cm³/mol. The number of likely N-dealkylation sites (tertiary alicyclic amines) is 1. The maximum Gasteiger partial charge on any atom is 0.243 e. The van der Waals surface area contributed by atoms with Crippen molar-refractivity contribution in [3.05, 3.63) is 65.2 Å². The summed E-state index contributed by atoms with van der Waals surface area (Å²) in [7, 11) is 0. The molecule has 4 rings (SSSR count). The maximum atomic E-state index is 12.7. The zero-order valence-corrected chi connectivity index (χ0v) is 15.4. The van der Waals surface area contributed by atoms with Gasteiger partial charge >= 0.3 is 0 Å². The van der Waals surface area contributed by atoms with Gasteiger partial charge in [0.2, 0.25) is 5.91 Å². The quantitative estimate of drug-likeness (QED) is 0.891.